The van der Waals surface area contributed by atoms with Gasteiger partial charge in [-0.05, 0) is 11.3 Å². The summed E-state index contributed by atoms with van der Waals surface area (Å²) in [4.78, 5) is 2.38. The van der Waals surface area contributed by atoms with E-state index < -0.39 is 0 Å². The molecule has 0 bridgehead atoms. The largest absolute Gasteiger partial charge is 0.395 e. The van der Waals surface area contributed by atoms with Crippen LogP contribution in [-0.4, -0.2) is 35.7 Å². The van der Waals surface area contributed by atoms with Crippen molar-refractivity contribution in [3.05, 3.63) is 0 Å². The minimum Gasteiger partial charge on any atom is -0.395 e. The average Bonchev–Trinajstić information content (AvgIpc) is 1.84. The Morgan fingerprint density at radius 2 is 1.83 bits per heavy atom. The molecule has 2 heteroatoms. The van der Waals surface area contributed by atoms with E-state index in [4.69, 9.17) is 5.11 Å². The quantitative estimate of drug-likeness (QED) is 0.693. The molecular weight excluding hydrogens is 150 g/mol. The van der Waals surface area contributed by atoms with Gasteiger partial charge in [0.1, 0.15) is 0 Å². The number of rotatable bonds is 3. The second kappa shape index (κ2) is 3.35. The third-order valence-electron chi connectivity index (χ3n) is 2.69. The maximum absolute atomic E-state index is 9.16. The van der Waals surface area contributed by atoms with Crippen LogP contribution >= 0.6 is 0 Å². The minimum atomic E-state index is 0.299. The minimum absolute atomic E-state index is 0.299. The molecule has 72 valence electrons. The van der Waals surface area contributed by atoms with Crippen LogP contribution in [0.4, 0.5) is 0 Å². The van der Waals surface area contributed by atoms with Crippen LogP contribution in [0.25, 0.3) is 0 Å². The Labute approximate surface area is 75.6 Å². The molecule has 1 rings (SSSR count). The first-order chi connectivity index (χ1) is 5.46. The highest BCUT2D eigenvalue weighted by atomic mass is 16.3. The Kier molecular flexibility index (Phi) is 2.79. The van der Waals surface area contributed by atoms with Gasteiger partial charge in [-0.1, -0.05) is 27.7 Å². The molecule has 1 atom stereocenters. The zero-order valence-corrected chi connectivity index (χ0v) is 8.67. The van der Waals surface area contributed by atoms with Gasteiger partial charge in [0, 0.05) is 19.1 Å². The van der Waals surface area contributed by atoms with E-state index >= 15 is 0 Å². The van der Waals surface area contributed by atoms with Crippen LogP contribution in [0.2, 0.25) is 0 Å². The molecule has 0 saturated carbocycles. The lowest BCUT2D eigenvalue weighted by Crippen LogP contribution is -2.59. The molecule has 0 aromatic heterocycles. The van der Waals surface area contributed by atoms with E-state index in [1.54, 1.807) is 0 Å². The molecule has 0 aliphatic carbocycles. The van der Waals surface area contributed by atoms with E-state index in [1.807, 2.05) is 0 Å². The highest BCUT2D eigenvalue weighted by Crippen LogP contribution is 2.31. The van der Waals surface area contributed by atoms with Crippen molar-refractivity contribution in [1.82, 2.24) is 4.90 Å². The van der Waals surface area contributed by atoms with Gasteiger partial charge in [-0.25, -0.2) is 0 Å². The van der Waals surface area contributed by atoms with Crippen LogP contribution in [0.15, 0.2) is 0 Å². The topological polar surface area (TPSA) is 23.5 Å². The molecule has 1 fully saturated rings. The van der Waals surface area contributed by atoms with Crippen molar-refractivity contribution in [3.8, 4) is 0 Å². The third kappa shape index (κ3) is 1.99. The Balaban J connectivity index is 2.39. The Morgan fingerprint density at radius 3 is 2.08 bits per heavy atom. The number of hydrogen-bond donors (Lipinski definition) is 1. The first-order valence-corrected chi connectivity index (χ1v) is 4.81. The molecule has 2 nitrogen and oxygen atoms in total. The summed E-state index contributed by atoms with van der Waals surface area (Å²) in [5.74, 6) is 0.561. The van der Waals surface area contributed by atoms with Crippen molar-refractivity contribution < 1.29 is 5.11 Å². The molecule has 0 amide bonds. The fourth-order valence-corrected chi connectivity index (χ4v) is 2.04. The molecule has 1 unspecified atom stereocenters. The SMILES string of the molecule is CC(C)C(CO)N1CC(C)(C)C1. The van der Waals surface area contributed by atoms with Crippen molar-refractivity contribution in [1.29, 1.82) is 0 Å². The number of likely N-dealkylation sites (tertiary alicyclic amines) is 1. The van der Waals surface area contributed by atoms with Gasteiger partial charge in [-0.15, -0.1) is 0 Å². The van der Waals surface area contributed by atoms with Crippen LogP contribution in [0, 0.1) is 11.3 Å². The van der Waals surface area contributed by atoms with Gasteiger partial charge >= 0.3 is 0 Å². The summed E-state index contributed by atoms with van der Waals surface area (Å²) in [7, 11) is 0. The molecule has 0 radical (unpaired) electrons. The second-order valence-electron chi connectivity index (χ2n) is 5.06. The van der Waals surface area contributed by atoms with Gasteiger partial charge in [0.25, 0.3) is 0 Å². The molecule has 1 aliphatic heterocycles. The standard InChI is InChI=1S/C10H21NO/c1-8(2)9(5-12)11-6-10(3,4)7-11/h8-9,12H,5-7H2,1-4H3. The highest BCUT2D eigenvalue weighted by Gasteiger charge is 2.38. The van der Waals surface area contributed by atoms with Crippen molar-refractivity contribution in [2.75, 3.05) is 19.7 Å². The molecule has 1 saturated heterocycles. The average molecular weight is 171 g/mol. The molecule has 0 spiro atoms. The van der Waals surface area contributed by atoms with E-state index in [2.05, 4.69) is 32.6 Å². The van der Waals surface area contributed by atoms with Crippen LogP contribution in [0.5, 0.6) is 0 Å². The van der Waals surface area contributed by atoms with E-state index in [0.29, 0.717) is 24.0 Å². The monoisotopic (exact) mass is 171 g/mol. The van der Waals surface area contributed by atoms with Gasteiger partial charge in [0.2, 0.25) is 0 Å². The van der Waals surface area contributed by atoms with E-state index in [0.717, 1.165) is 13.1 Å². The van der Waals surface area contributed by atoms with Gasteiger partial charge in [-0.3, -0.25) is 4.90 Å². The summed E-state index contributed by atoms with van der Waals surface area (Å²) >= 11 is 0. The van der Waals surface area contributed by atoms with Gasteiger partial charge in [0.05, 0.1) is 6.61 Å². The van der Waals surface area contributed by atoms with Gasteiger partial charge in [-0.2, -0.15) is 0 Å². The van der Waals surface area contributed by atoms with Gasteiger partial charge < -0.3 is 5.11 Å². The van der Waals surface area contributed by atoms with E-state index in [-0.39, 0.29) is 0 Å². The summed E-state index contributed by atoms with van der Waals surface area (Å²) in [5.41, 5.74) is 0.475. The fourth-order valence-electron chi connectivity index (χ4n) is 2.04. The van der Waals surface area contributed by atoms with Crippen LogP contribution in [0.1, 0.15) is 27.7 Å². The maximum Gasteiger partial charge on any atom is 0.0589 e. The Hall–Kier alpha value is -0.0800. The number of nitrogens with zero attached hydrogens (tertiary/aromatic N) is 1. The van der Waals surface area contributed by atoms with Crippen molar-refractivity contribution in [2.45, 2.75) is 33.7 Å². The molecule has 1 aliphatic rings. The Morgan fingerprint density at radius 1 is 1.33 bits per heavy atom. The molecule has 1 N–H and O–H groups in total. The number of aliphatic hydroxyl groups excluding tert-OH is 1. The van der Waals surface area contributed by atoms with Crippen molar-refractivity contribution in [3.63, 3.8) is 0 Å². The summed E-state index contributed by atoms with van der Waals surface area (Å²) in [6, 6.07) is 0.373. The fraction of sp³-hybridized carbons (Fsp3) is 1.00. The molecule has 0 aromatic rings. The van der Waals surface area contributed by atoms with Crippen molar-refractivity contribution in [2.24, 2.45) is 11.3 Å². The lowest BCUT2D eigenvalue weighted by molar-refractivity contribution is -0.0396. The van der Waals surface area contributed by atoms with Crippen LogP contribution < -0.4 is 0 Å². The highest BCUT2D eigenvalue weighted by molar-refractivity contribution is 4.92. The van der Waals surface area contributed by atoms with E-state index in [1.165, 1.54) is 0 Å². The number of aliphatic hydroxyl groups is 1. The van der Waals surface area contributed by atoms with Gasteiger partial charge in [0.15, 0.2) is 0 Å². The summed E-state index contributed by atoms with van der Waals surface area (Å²) in [6.07, 6.45) is 0. The number of hydrogen-bond acceptors (Lipinski definition) is 2. The molecule has 12 heavy (non-hydrogen) atoms. The first-order valence-electron chi connectivity index (χ1n) is 4.81. The molecular formula is C10H21NO. The van der Waals surface area contributed by atoms with Crippen molar-refractivity contribution >= 4 is 0 Å². The molecule has 0 aromatic carbocycles. The van der Waals surface area contributed by atoms with Crippen LogP contribution in [-0.2, 0) is 0 Å². The second-order valence-corrected chi connectivity index (χ2v) is 5.06. The summed E-state index contributed by atoms with van der Waals surface area (Å²) < 4.78 is 0. The lowest BCUT2D eigenvalue weighted by Gasteiger charge is -2.50. The Bertz CT molecular complexity index is 146. The smallest absolute Gasteiger partial charge is 0.0589 e. The predicted molar refractivity (Wildman–Crippen MR) is 51.1 cm³/mol. The summed E-state index contributed by atoms with van der Waals surface area (Å²) in [5, 5.41) is 9.16. The lowest BCUT2D eigenvalue weighted by atomic mass is 9.82. The van der Waals surface area contributed by atoms with E-state index in [9.17, 15) is 0 Å². The summed E-state index contributed by atoms with van der Waals surface area (Å²) in [6.45, 7) is 11.5. The van der Waals surface area contributed by atoms with Crippen LogP contribution in [0.3, 0.4) is 0 Å². The maximum atomic E-state index is 9.16. The normalized spacial score (nSPS) is 25.5. The third-order valence-corrected chi connectivity index (χ3v) is 2.69. The first kappa shape index (κ1) is 10.0. The zero-order chi connectivity index (χ0) is 9.35. The zero-order valence-electron chi connectivity index (χ0n) is 8.67. The molecule has 1 heterocycles. The predicted octanol–water partition coefficient (Wildman–Crippen LogP) is 1.35.